The minimum absolute atomic E-state index is 0.0316. The number of halogens is 3. The second-order valence-corrected chi connectivity index (χ2v) is 11.3. The normalized spacial score (nSPS) is 19.3. The van der Waals surface area contributed by atoms with Crippen LogP contribution in [0.15, 0.2) is 33.9 Å². The number of benzene rings is 1. The molecule has 8 nitrogen and oxygen atoms in total. The van der Waals surface area contributed by atoms with E-state index in [4.69, 9.17) is 4.52 Å². The topological polar surface area (TPSA) is 104 Å². The van der Waals surface area contributed by atoms with Gasteiger partial charge >= 0.3 is 6.18 Å². The van der Waals surface area contributed by atoms with Gasteiger partial charge in [0.05, 0.1) is 22.3 Å². The molecule has 0 N–H and O–H groups in total. The Labute approximate surface area is 186 Å². The van der Waals surface area contributed by atoms with Crippen LogP contribution in [0.2, 0.25) is 0 Å². The van der Waals surface area contributed by atoms with Gasteiger partial charge in [-0.15, -0.1) is 10.2 Å². The molecule has 0 radical (unpaired) electrons. The average molecular weight is 488 g/mol. The van der Waals surface area contributed by atoms with Crippen molar-refractivity contribution in [3.63, 3.8) is 0 Å². The lowest BCUT2D eigenvalue weighted by atomic mass is 10.1. The number of hydrogen-bond donors (Lipinski definition) is 0. The number of hydrogen-bond acceptors (Lipinski definition) is 8. The molecule has 1 fully saturated rings. The highest BCUT2D eigenvalue weighted by molar-refractivity contribution is 7.99. The Morgan fingerprint density at radius 3 is 2.78 bits per heavy atom. The van der Waals surface area contributed by atoms with E-state index in [-0.39, 0.29) is 40.0 Å². The van der Waals surface area contributed by atoms with Crippen molar-refractivity contribution in [1.82, 2.24) is 24.9 Å². The molecule has 0 amide bonds. The van der Waals surface area contributed by atoms with E-state index in [1.54, 1.807) is 11.6 Å². The number of nitrogens with zero attached hydrogens (tertiary/aromatic N) is 5. The molecule has 2 unspecified atom stereocenters. The molecule has 32 heavy (non-hydrogen) atoms. The smallest absolute Gasteiger partial charge is 0.338 e. The number of sulfone groups is 1. The number of rotatable bonds is 6. The molecule has 1 aromatic carbocycles. The molecule has 0 aliphatic carbocycles. The van der Waals surface area contributed by atoms with Gasteiger partial charge in [0, 0.05) is 19.0 Å². The van der Waals surface area contributed by atoms with Crippen molar-refractivity contribution in [1.29, 1.82) is 0 Å². The molecule has 13 heteroatoms. The summed E-state index contributed by atoms with van der Waals surface area (Å²) in [5.74, 6) is 1.41. The van der Waals surface area contributed by atoms with E-state index in [0.29, 0.717) is 23.8 Å². The second-order valence-electron chi connectivity index (χ2n) is 7.73. The van der Waals surface area contributed by atoms with E-state index in [2.05, 4.69) is 20.3 Å². The van der Waals surface area contributed by atoms with Crippen molar-refractivity contribution >= 4 is 21.6 Å². The summed E-state index contributed by atoms with van der Waals surface area (Å²) in [6.45, 7) is 1.81. The van der Waals surface area contributed by atoms with Gasteiger partial charge in [0.2, 0.25) is 11.7 Å². The Kier molecular flexibility index (Phi) is 6.05. The maximum Gasteiger partial charge on any atom is 0.416 e. The predicted molar refractivity (Wildman–Crippen MR) is 110 cm³/mol. The van der Waals surface area contributed by atoms with Gasteiger partial charge in [-0.3, -0.25) is 0 Å². The average Bonchev–Trinajstić information content (AvgIpc) is 3.43. The summed E-state index contributed by atoms with van der Waals surface area (Å²) in [4.78, 5) is 4.25. The Hall–Kier alpha value is -2.41. The van der Waals surface area contributed by atoms with Crippen LogP contribution >= 0.6 is 11.8 Å². The molecule has 1 saturated heterocycles. The first-order valence-electron chi connectivity index (χ1n) is 9.78. The van der Waals surface area contributed by atoms with Gasteiger partial charge in [-0.05, 0) is 31.4 Å². The summed E-state index contributed by atoms with van der Waals surface area (Å²) in [5, 5.41) is 12.4. The molecule has 0 bridgehead atoms. The lowest BCUT2D eigenvalue weighted by Gasteiger charge is -2.09. The summed E-state index contributed by atoms with van der Waals surface area (Å²) < 4.78 is 69.3. The Morgan fingerprint density at radius 2 is 2.09 bits per heavy atom. The Balaban J connectivity index is 1.45. The van der Waals surface area contributed by atoms with E-state index < -0.39 is 21.6 Å². The third kappa shape index (κ3) is 4.98. The lowest BCUT2D eigenvalue weighted by Crippen LogP contribution is -2.11. The summed E-state index contributed by atoms with van der Waals surface area (Å²) in [5.41, 5.74) is -0.579. The van der Waals surface area contributed by atoms with Gasteiger partial charge in [0.1, 0.15) is 5.82 Å². The van der Waals surface area contributed by atoms with E-state index in [9.17, 15) is 21.6 Å². The fraction of sp³-hybridized carbons (Fsp3) is 0.474. The molecule has 3 heterocycles. The van der Waals surface area contributed by atoms with Gasteiger partial charge in [-0.2, -0.15) is 18.2 Å². The van der Waals surface area contributed by atoms with Crippen molar-refractivity contribution in [2.24, 2.45) is 13.0 Å². The van der Waals surface area contributed by atoms with Crippen LogP contribution in [0.5, 0.6) is 0 Å². The lowest BCUT2D eigenvalue weighted by molar-refractivity contribution is -0.137. The zero-order valence-corrected chi connectivity index (χ0v) is 18.8. The molecule has 172 valence electrons. The molecule has 1 aliphatic rings. The van der Waals surface area contributed by atoms with Crippen molar-refractivity contribution in [3.05, 3.63) is 41.5 Å². The van der Waals surface area contributed by atoms with Crippen LogP contribution in [0.4, 0.5) is 13.2 Å². The summed E-state index contributed by atoms with van der Waals surface area (Å²) in [6, 6.07) is 4.74. The molecule has 0 saturated carbocycles. The molecule has 0 spiro atoms. The number of alkyl halides is 3. The van der Waals surface area contributed by atoms with Crippen LogP contribution < -0.4 is 0 Å². The first kappa shape index (κ1) is 22.8. The van der Waals surface area contributed by atoms with Crippen LogP contribution in [0.1, 0.15) is 35.9 Å². The Bertz CT molecular complexity index is 1220. The van der Waals surface area contributed by atoms with E-state index in [1.165, 1.54) is 23.9 Å². The molecule has 4 rings (SSSR count). The highest BCUT2D eigenvalue weighted by atomic mass is 32.2. The third-order valence-electron chi connectivity index (χ3n) is 5.24. The second kappa shape index (κ2) is 8.50. The van der Waals surface area contributed by atoms with E-state index in [0.717, 1.165) is 12.1 Å². The molecule has 3 aromatic rings. The van der Waals surface area contributed by atoms with E-state index >= 15 is 0 Å². The minimum Gasteiger partial charge on any atom is -0.338 e. The summed E-state index contributed by atoms with van der Waals surface area (Å²) in [7, 11) is -1.16. The van der Waals surface area contributed by atoms with Crippen molar-refractivity contribution in [2.75, 3.05) is 11.5 Å². The summed E-state index contributed by atoms with van der Waals surface area (Å²) >= 11 is 1.31. The predicted octanol–water partition coefficient (Wildman–Crippen LogP) is 3.71. The third-order valence-corrected chi connectivity index (χ3v) is 8.20. The largest absolute Gasteiger partial charge is 0.416 e. The van der Waals surface area contributed by atoms with Gasteiger partial charge in [-0.1, -0.05) is 29.1 Å². The highest BCUT2D eigenvalue weighted by Gasteiger charge is 2.31. The minimum atomic E-state index is -4.46. The number of thioether (sulfide) groups is 1. The van der Waals surface area contributed by atoms with Crippen molar-refractivity contribution in [2.45, 2.75) is 36.3 Å². The zero-order valence-electron chi connectivity index (χ0n) is 17.2. The number of aromatic nitrogens is 5. The maximum absolute atomic E-state index is 13.0. The van der Waals surface area contributed by atoms with Crippen molar-refractivity contribution in [3.8, 4) is 11.4 Å². The SMILES string of the molecule is CC(Sc1nnc(CC2CCS(=O)(=O)C2)n1C)c1nc(-c2cccc(C(F)(F)F)c2)no1. The fourth-order valence-corrected chi connectivity index (χ4v) is 6.20. The highest BCUT2D eigenvalue weighted by Crippen LogP contribution is 2.35. The van der Waals surface area contributed by atoms with Gasteiger partial charge in [0.25, 0.3) is 0 Å². The van der Waals surface area contributed by atoms with Gasteiger partial charge in [-0.25, -0.2) is 8.42 Å². The molecular formula is C19H20F3N5O3S2. The molecule has 2 aromatic heterocycles. The van der Waals surface area contributed by atoms with Crippen molar-refractivity contribution < 1.29 is 26.1 Å². The zero-order chi connectivity index (χ0) is 23.1. The van der Waals surface area contributed by atoms with Gasteiger partial charge < -0.3 is 9.09 Å². The first-order valence-corrected chi connectivity index (χ1v) is 12.5. The van der Waals surface area contributed by atoms with Crippen LogP contribution in [-0.2, 0) is 29.5 Å². The maximum atomic E-state index is 13.0. The molecular weight excluding hydrogens is 467 g/mol. The Morgan fingerprint density at radius 1 is 1.31 bits per heavy atom. The first-order chi connectivity index (χ1) is 15.0. The van der Waals surface area contributed by atoms with Gasteiger partial charge in [0.15, 0.2) is 15.0 Å². The molecule has 1 aliphatic heterocycles. The fourth-order valence-electron chi connectivity index (χ4n) is 3.48. The molecule has 2 atom stereocenters. The monoisotopic (exact) mass is 487 g/mol. The van der Waals surface area contributed by atoms with Crippen LogP contribution in [0.3, 0.4) is 0 Å². The van der Waals surface area contributed by atoms with Crippen LogP contribution in [0, 0.1) is 5.92 Å². The quantitative estimate of drug-likeness (QED) is 0.485. The van der Waals surface area contributed by atoms with Crippen LogP contribution in [0.25, 0.3) is 11.4 Å². The van der Waals surface area contributed by atoms with E-state index in [1.807, 2.05) is 6.92 Å². The van der Waals surface area contributed by atoms with Crippen LogP contribution in [-0.4, -0.2) is 44.8 Å². The summed E-state index contributed by atoms with van der Waals surface area (Å²) in [6.07, 6.45) is -3.32. The standard InChI is InChI=1S/C19H20F3N5O3S2/c1-11(17-23-16(26-30-17)13-4-3-5-14(9-13)19(20,21)22)31-18-25-24-15(27(18)2)8-12-6-7-32(28,29)10-12/h3-5,9,11-12H,6-8,10H2,1-2H3.